The second kappa shape index (κ2) is 7.37. The molecule has 1 aliphatic rings. The minimum Gasteiger partial charge on any atom is -0.487 e. The van der Waals surface area contributed by atoms with Crippen molar-refractivity contribution in [2.45, 2.75) is 12.5 Å². The van der Waals surface area contributed by atoms with E-state index < -0.39 is 11.7 Å². The standard InChI is InChI=1S/C21H16ClFN2O2/c22-15-9-14-10-16(12-25-21(26)17-3-1-2-4-19(17)23)27-20(14)18(11-15)13-5-7-24-8-6-13/h1-9,11,16H,10,12H2,(H,25,26)/t16-/m1/s1. The number of halogens is 2. The Hall–Kier alpha value is -2.92. The number of hydrogen-bond acceptors (Lipinski definition) is 3. The van der Waals surface area contributed by atoms with Gasteiger partial charge in [0.1, 0.15) is 17.7 Å². The van der Waals surface area contributed by atoms with Crippen molar-refractivity contribution < 1.29 is 13.9 Å². The fourth-order valence-electron chi connectivity index (χ4n) is 3.20. The maximum Gasteiger partial charge on any atom is 0.254 e. The summed E-state index contributed by atoms with van der Waals surface area (Å²) in [5.41, 5.74) is 2.86. The number of rotatable bonds is 4. The smallest absolute Gasteiger partial charge is 0.254 e. The SMILES string of the molecule is O=C(NC[C@H]1Cc2cc(Cl)cc(-c3ccncc3)c2O1)c1ccccc1F. The van der Waals surface area contributed by atoms with Crippen LogP contribution in [0.1, 0.15) is 15.9 Å². The summed E-state index contributed by atoms with van der Waals surface area (Å²) < 4.78 is 19.8. The number of nitrogens with one attached hydrogen (secondary N) is 1. The fraction of sp³-hybridized carbons (Fsp3) is 0.143. The van der Waals surface area contributed by atoms with Crippen LogP contribution in [0.3, 0.4) is 0 Å². The summed E-state index contributed by atoms with van der Waals surface area (Å²) in [6.45, 7) is 0.273. The van der Waals surface area contributed by atoms with Crippen molar-refractivity contribution in [2.75, 3.05) is 6.54 Å². The van der Waals surface area contributed by atoms with Gasteiger partial charge in [0.05, 0.1) is 12.1 Å². The quantitative estimate of drug-likeness (QED) is 0.733. The zero-order valence-corrected chi connectivity index (χ0v) is 15.0. The average molecular weight is 383 g/mol. The summed E-state index contributed by atoms with van der Waals surface area (Å²) in [6, 6.07) is 13.4. The number of carbonyl (C=O) groups excluding carboxylic acids is 1. The molecule has 6 heteroatoms. The predicted molar refractivity (Wildman–Crippen MR) is 102 cm³/mol. The molecule has 136 valence electrons. The van der Waals surface area contributed by atoms with Crippen molar-refractivity contribution in [3.05, 3.63) is 82.9 Å². The van der Waals surface area contributed by atoms with Gasteiger partial charge in [-0.25, -0.2) is 4.39 Å². The lowest BCUT2D eigenvalue weighted by molar-refractivity contribution is 0.0929. The lowest BCUT2D eigenvalue weighted by Gasteiger charge is -2.14. The van der Waals surface area contributed by atoms with E-state index in [1.807, 2.05) is 24.3 Å². The summed E-state index contributed by atoms with van der Waals surface area (Å²) in [4.78, 5) is 16.2. The Morgan fingerprint density at radius 1 is 1.22 bits per heavy atom. The van der Waals surface area contributed by atoms with E-state index in [-0.39, 0.29) is 18.2 Å². The summed E-state index contributed by atoms with van der Waals surface area (Å²) in [6.07, 6.45) is 3.80. The van der Waals surface area contributed by atoms with Crippen LogP contribution in [0.15, 0.2) is 60.9 Å². The number of benzene rings is 2. The minimum absolute atomic E-state index is 0.0218. The van der Waals surface area contributed by atoms with E-state index in [0.29, 0.717) is 11.4 Å². The number of ether oxygens (including phenoxy) is 1. The Kier molecular flexibility index (Phi) is 4.77. The van der Waals surface area contributed by atoms with Gasteiger partial charge >= 0.3 is 0 Å². The molecule has 1 amide bonds. The van der Waals surface area contributed by atoms with Crippen molar-refractivity contribution >= 4 is 17.5 Å². The molecule has 0 bridgehead atoms. The zero-order chi connectivity index (χ0) is 18.8. The molecular weight excluding hydrogens is 367 g/mol. The Morgan fingerprint density at radius 3 is 2.78 bits per heavy atom. The summed E-state index contributed by atoms with van der Waals surface area (Å²) >= 11 is 6.27. The van der Waals surface area contributed by atoms with Gasteiger partial charge in [-0.1, -0.05) is 23.7 Å². The molecule has 1 aliphatic heterocycles. The van der Waals surface area contributed by atoms with Gasteiger partial charge in [0.15, 0.2) is 0 Å². The van der Waals surface area contributed by atoms with Gasteiger partial charge < -0.3 is 10.1 Å². The van der Waals surface area contributed by atoms with Crippen LogP contribution in [0, 0.1) is 5.82 Å². The van der Waals surface area contributed by atoms with Crippen LogP contribution < -0.4 is 10.1 Å². The highest BCUT2D eigenvalue weighted by Gasteiger charge is 2.27. The normalized spacial score (nSPS) is 15.1. The zero-order valence-electron chi connectivity index (χ0n) is 14.3. The maximum atomic E-state index is 13.7. The summed E-state index contributed by atoms with van der Waals surface area (Å²) in [5.74, 6) is -0.242. The third-order valence-electron chi connectivity index (χ3n) is 4.46. The van der Waals surface area contributed by atoms with Crippen LogP contribution in [-0.4, -0.2) is 23.5 Å². The first kappa shape index (κ1) is 17.5. The van der Waals surface area contributed by atoms with Gasteiger partial charge in [-0.15, -0.1) is 0 Å². The van der Waals surface area contributed by atoms with Crippen LogP contribution in [0.5, 0.6) is 5.75 Å². The second-order valence-corrected chi connectivity index (χ2v) is 6.75. The second-order valence-electron chi connectivity index (χ2n) is 6.31. The number of fused-ring (bicyclic) bond motifs is 1. The Morgan fingerprint density at radius 2 is 2.00 bits per heavy atom. The first-order valence-electron chi connectivity index (χ1n) is 8.54. The van der Waals surface area contributed by atoms with Crippen molar-refractivity contribution in [1.29, 1.82) is 0 Å². The molecule has 4 rings (SSSR count). The Bertz CT molecular complexity index is 995. The van der Waals surface area contributed by atoms with Gasteiger partial charge in [-0.2, -0.15) is 0 Å². The van der Waals surface area contributed by atoms with E-state index >= 15 is 0 Å². The third kappa shape index (κ3) is 3.64. The number of aromatic nitrogens is 1. The molecule has 27 heavy (non-hydrogen) atoms. The molecule has 1 aromatic heterocycles. The van der Waals surface area contributed by atoms with E-state index in [0.717, 1.165) is 22.4 Å². The molecule has 0 unspecified atom stereocenters. The molecule has 0 saturated heterocycles. The summed E-state index contributed by atoms with van der Waals surface area (Å²) in [5, 5.41) is 3.37. The molecule has 1 atom stereocenters. The molecule has 0 aliphatic carbocycles. The van der Waals surface area contributed by atoms with Gasteiger partial charge in [0, 0.05) is 35.0 Å². The fourth-order valence-corrected chi connectivity index (χ4v) is 3.44. The molecule has 1 N–H and O–H groups in total. The Balaban J connectivity index is 1.50. The van der Waals surface area contributed by atoms with Crippen molar-refractivity contribution in [3.63, 3.8) is 0 Å². The first-order valence-corrected chi connectivity index (χ1v) is 8.92. The van der Waals surface area contributed by atoms with Gasteiger partial charge in [0.2, 0.25) is 0 Å². The molecule has 3 aromatic rings. The minimum atomic E-state index is -0.544. The van der Waals surface area contributed by atoms with Crippen molar-refractivity contribution in [3.8, 4) is 16.9 Å². The maximum absolute atomic E-state index is 13.7. The predicted octanol–water partition coefficient (Wildman–Crippen LogP) is 4.27. The highest BCUT2D eigenvalue weighted by atomic mass is 35.5. The topological polar surface area (TPSA) is 51.2 Å². The molecule has 2 aromatic carbocycles. The molecule has 4 nitrogen and oxygen atoms in total. The van der Waals surface area contributed by atoms with Gasteiger partial charge in [0.25, 0.3) is 5.91 Å². The highest BCUT2D eigenvalue weighted by molar-refractivity contribution is 6.31. The number of nitrogens with zero attached hydrogens (tertiary/aromatic N) is 1. The molecule has 2 heterocycles. The highest BCUT2D eigenvalue weighted by Crippen LogP contribution is 2.40. The first-order chi connectivity index (χ1) is 13.1. The van der Waals surface area contributed by atoms with Gasteiger partial charge in [-0.3, -0.25) is 9.78 Å². The molecule has 0 fully saturated rings. The number of hydrogen-bond donors (Lipinski definition) is 1. The lowest BCUT2D eigenvalue weighted by atomic mass is 10.0. The van der Waals surface area contributed by atoms with Crippen LogP contribution in [0.25, 0.3) is 11.1 Å². The Labute approximate surface area is 161 Å². The van der Waals surface area contributed by atoms with Crippen LogP contribution in [0.2, 0.25) is 5.02 Å². The average Bonchev–Trinajstić information content (AvgIpc) is 3.09. The monoisotopic (exact) mass is 382 g/mol. The molecule has 0 saturated carbocycles. The third-order valence-corrected chi connectivity index (χ3v) is 4.68. The molecular formula is C21H16ClFN2O2. The van der Waals surface area contributed by atoms with E-state index in [2.05, 4.69) is 10.3 Å². The van der Waals surface area contributed by atoms with Crippen LogP contribution in [0.4, 0.5) is 4.39 Å². The number of carbonyl (C=O) groups is 1. The largest absolute Gasteiger partial charge is 0.487 e. The van der Waals surface area contributed by atoms with E-state index in [9.17, 15) is 9.18 Å². The van der Waals surface area contributed by atoms with Crippen LogP contribution in [-0.2, 0) is 6.42 Å². The van der Waals surface area contributed by atoms with Gasteiger partial charge in [-0.05, 0) is 42.0 Å². The molecule has 0 spiro atoms. The lowest BCUT2D eigenvalue weighted by Crippen LogP contribution is -2.34. The molecule has 0 radical (unpaired) electrons. The van der Waals surface area contributed by atoms with E-state index in [4.69, 9.17) is 16.3 Å². The number of amides is 1. The number of pyridine rings is 1. The van der Waals surface area contributed by atoms with Crippen LogP contribution >= 0.6 is 11.6 Å². The van der Waals surface area contributed by atoms with Crippen molar-refractivity contribution in [2.24, 2.45) is 0 Å². The van der Waals surface area contributed by atoms with Crippen molar-refractivity contribution in [1.82, 2.24) is 10.3 Å². The van der Waals surface area contributed by atoms with E-state index in [1.54, 1.807) is 24.5 Å². The van der Waals surface area contributed by atoms with E-state index in [1.165, 1.54) is 12.1 Å². The summed E-state index contributed by atoms with van der Waals surface area (Å²) in [7, 11) is 0.